The number of hydrogen-bond acceptors (Lipinski definition) is 4. The number of ether oxygens (including phenoxy) is 1. The van der Waals surface area contributed by atoms with Crippen molar-refractivity contribution in [1.29, 1.82) is 0 Å². The first-order chi connectivity index (χ1) is 9.83. The number of hydrogen-bond donors (Lipinski definition) is 1. The third kappa shape index (κ3) is 3.27. The molecule has 0 bridgehead atoms. The molecule has 20 heavy (non-hydrogen) atoms. The quantitative estimate of drug-likeness (QED) is 0.909. The molecule has 5 nitrogen and oxygen atoms in total. The van der Waals surface area contributed by atoms with Crippen molar-refractivity contribution in [3.63, 3.8) is 0 Å². The van der Waals surface area contributed by atoms with Crippen LogP contribution in [-0.4, -0.2) is 35.1 Å². The monoisotopic (exact) mass is 277 g/mol. The van der Waals surface area contributed by atoms with Gasteiger partial charge in [-0.25, -0.2) is 4.68 Å². The Hall–Kier alpha value is -1.20. The molecular formula is C15H23N3O2. The van der Waals surface area contributed by atoms with E-state index in [0.717, 1.165) is 51.7 Å². The predicted molar refractivity (Wildman–Crippen MR) is 76.8 cm³/mol. The topological polar surface area (TPSA) is 56.2 Å². The molecule has 1 aromatic heterocycles. The molecule has 0 aromatic carbocycles. The molecule has 1 saturated heterocycles. The zero-order chi connectivity index (χ0) is 13.8. The minimum atomic E-state index is 0.0216. The molecule has 1 aliphatic carbocycles. The normalized spacial score (nSPS) is 28.4. The summed E-state index contributed by atoms with van der Waals surface area (Å²) in [6.45, 7) is 1.77. The molecule has 1 aromatic rings. The van der Waals surface area contributed by atoms with E-state index in [9.17, 15) is 4.79 Å². The maximum Gasteiger partial charge on any atom is 0.266 e. The van der Waals surface area contributed by atoms with E-state index < -0.39 is 0 Å². The van der Waals surface area contributed by atoms with Gasteiger partial charge in [-0.15, -0.1) is 0 Å². The average molecular weight is 277 g/mol. The Kier molecular flexibility index (Phi) is 4.47. The van der Waals surface area contributed by atoms with E-state index in [0.29, 0.717) is 12.1 Å². The summed E-state index contributed by atoms with van der Waals surface area (Å²) in [4.78, 5) is 11.8. The van der Waals surface area contributed by atoms with Gasteiger partial charge in [-0.3, -0.25) is 4.79 Å². The van der Waals surface area contributed by atoms with E-state index in [-0.39, 0.29) is 11.6 Å². The second-order valence-corrected chi connectivity index (χ2v) is 5.87. The van der Waals surface area contributed by atoms with E-state index in [4.69, 9.17) is 4.74 Å². The Morgan fingerprint density at radius 3 is 2.50 bits per heavy atom. The molecular weight excluding hydrogens is 254 g/mol. The first-order valence-electron chi connectivity index (χ1n) is 7.70. The Bertz CT molecular complexity index is 474. The van der Waals surface area contributed by atoms with Gasteiger partial charge in [0.05, 0.1) is 6.04 Å². The maximum atomic E-state index is 11.8. The molecule has 2 aliphatic rings. The summed E-state index contributed by atoms with van der Waals surface area (Å²) in [7, 11) is 0. The molecule has 3 rings (SSSR count). The van der Waals surface area contributed by atoms with Crippen LogP contribution in [0.2, 0.25) is 0 Å². The summed E-state index contributed by atoms with van der Waals surface area (Å²) in [5, 5.41) is 7.97. The highest BCUT2D eigenvalue weighted by Gasteiger charge is 2.25. The van der Waals surface area contributed by atoms with Crippen molar-refractivity contribution in [2.75, 3.05) is 13.2 Å². The molecule has 0 unspecified atom stereocenters. The SMILES string of the molecule is O=c1cccnn1C1CCC(NC2CCOCC2)CC1. The van der Waals surface area contributed by atoms with Crippen molar-refractivity contribution in [3.05, 3.63) is 28.7 Å². The van der Waals surface area contributed by atoms with Crippen LogP contribution >= 0.6 is 0 Å². The fourth-order valence-corrected chi connectivity index (χ4v) is 3.33. The average Bonchev–Trinajstić information content (AvgIpc) is 2.50. The van der Waals surface area contributed by atoms with Gasteiger partial charge in [0.15, 0.2) is 0 Å². The Balaban J connectivity index is 1.52. The van der Waals surface area contributed by atoms with Crippen LogP contribution < -0.4 is 10.9 Å². The maximum absolute atomic E-state index is 11.8. The molecule has 1 aliphatic heterocycles. The summed E-state index contributed by atoms with van der Waals surface area (Å²) in [5.74, 6) is 0. The lowest BCUT2D eigenvalue weighted by Gasteiger charge is -2.33. The highest BCUT2D eigenvalue weighted by atomic mass is 16.5. The second kappa shape index (κ2) is 6.50. The number of nitrogens with one attached hydrogen (secondary N) is 1. The standard InChI is InChI=1S/C15H23N3O2/c19-15-2-1-9-16-18(15)14-5-3-12(4-6-14)17-13-7-10-20-11-8-13/h1-2,9,12-14,17H,3-8,10-11H2. The zero-order valence-electron chi connectivity index (χ0n) is 11.8. The lowest BCUT2D eigenvalue weighted by atomic mass is 9.90. The van der Waals surface area contributed by atoms with E-state index in [2.05, 4.69) is 10.4 Å². The van der Waals surface area contributed by atoms with Crippen LogP contribution in [0.3, 0.4) is 0 Å². The molecule has 2 heterocycles. The van der Waals surface area contributed by atoms with Crippen LogP contribution in [0.4, 0.5) is 0 Å². The van der Waals surface area contributed by atoms with Crippen molar-refractivity contribution in [2.45, 2.75) is 56.7 Å². The van der Waals surface area contributed by atoms with E-state index >= 15 is 0 Å². The molecule has 0 radical (unpaired) electrons. The first-order valence-corrected chi connectivity index (χ1v) is 7.70. The minimum absolute atomic E-state index is 0.0216. The molecule has 0 atom stereocenters. The van der Waals surface area contributed by atoms with Crippen molar-refractivity contribution in [3.8, 4) is 0 Å². The summed E-state index contributed by atoms with van der Waals surface area (Å²) in [5.41, 5.74) is 0.0216. The molecule has 5 heteroatoms. The van der Waals surface area contributed by atoms with Crippen LogP contribution in [0.15, 0.2) is 23.1 Å². The van der Waals surface area contributed by atoms with Crippen molar-refractivity contribution in [2.24, 2.45) is 0 Å². The van der Waals surface area contributed by atoms with Gasteiger partial charge in [0.2, 0.25) is 0 Å². The zero-order valence-corrected chi connectivity index (χ0v) is 11.8. The van der Waals surface area contributed by atoms with Gasteiger partial charge in [0, 0.05) is 37.6 Å². The first kappa shape index (κ1) is 13.8. The Labute approximate surface area is 119 Å². The van der Waals surface area contributed by atoms with Gasteiger partial charge in [-0.05, 0) is 44.6 Å². The van der Waals surface area contributed by atoms with Crippen molar-refractivity contribution >= 4 is 0 Å². The number of rotatable bonds is 3. The van der Waals surface area contributed by atoms with E-state index in [1.165, 1.54) is 0 Å². The molecule has 0 amide bonds. The third-order valence-corrected chi connectivity index (χ3v) is 4.48. The molecule has 0 spiro atoms. The molecule has 2 fully saturated rings. The lowest BCUT2D eigenvalue weighted by Crippen LogP contribution is -2.44. The summed E-state index contributed by atoms with van der Waals surface area (Å²) >= 11 is 0. The highest BCUT2D eigenvalue weighted by Crippen LogP contribution is 2.27. The third-order valence-electron chi connectivity index (χ3n) is 4.48. The van der Waals surface area contributed by atoms with Gasteiger partial charge in [-0.2, -0.15) is 5.10 Å². The molecule has 110 valence electrons. The lowest BCUT2D eigenvalue weighted by molar-refractivity contribution is 0.0722. The van der Waals surface area contributed by atoms with Gasteiger partial charge in [0.25, 0.3) is 5.56 Å². The number of nitrogens with zero attached hydrogens (tertiary/aromatic N) is 2. The van der Waals surface area contributed by atoms with Gasteiger partial charge >= 0.3 is 0 Å². The number of aromatic nitrogens is 2. The van der Waals surface area contributed by atoms with Crippen LogP contribution in [-0.2, 0) is 4.74 Å². The fraction of sp³-hybridized carbons (Fsp3) is 0.733. The second-order valence-electron chi connectivity index (χ2n) is 5.87. The largest absolute Gasteiger partial charge is 0.381 e. The summed E-state index contributed by atoms with van der Waals surface area (Å²) in [6.07, 6.45) is 8.29. The Morgan fingerprint density at radius 2 is 1.80 bits per heavy atom. The van der Waals surface area contributed by atoms with Crippen LogP contribution in [0.25, 0.3) is 0 Å². The van der Waals surface area contributed by atoms with Crippen molar-refractivity contribution < 1.29 is 4.74 Å². The van der Waals surface area contributed by atoms with Crippen LogP contribution in [0.5, 0.6) is 0 Å². The summed E-state index contributed by atoms with van der Waals surface area (Å²) in [6, 6.07) is 4.78. The molecule has 1 N–H and O–H groups in total. The van der Waals surface area contributed by atoms with Gasteiger partial charge in [-0.1, -0.05) is 0 Å². The van der Waals surface area contributed by atoms with Gasteiger partial charge < -0.3 is 10.1 Å². The van der Waals surface area contributed by atoms with E-state index in [1.807, 2.05) is 0 Å². The smallest absolute Gasteiger partial charge is 0.266 e. The minimum Gasteiger partial charge on any atom is -0.381 e. The van der Waals surface area contributed by atoms with Crippen molar-refractivity contribution in [1.82, 2.24) is 15.1 Å². The highest BCUT2D eigenvalue weighted by molar-refractivity contribution is 4.89. The molecule has 1 saturated carbocycles. The fourth-order valence-electron chi connectivity index (χ4n) is 3.33. The van der Waals surface area contributed by atoms with Gasteiger partial charge in [0.1, 0.15) is 0 Å². The van der Waals surface area contributed by atoms with Crippen LogP contribution in [0.1, 0.15) is 44.6 Å². The van der Waals surface area contributed by atoms with Crippen LogP contribution in [0, 0.1) is 0 Å². The van der Waals surface area contributed by atoms with E-state index in [1.54, 1.807) is 23.0 Å². The summed E-state index contributed by atoms with van der Waals surface area (Å²) < 4.78 is 7.05. The Morgan fingerprint density at radius 1 is 1.10 bits per heavy atom. The predicted octanol–water partition coefficient (Wildman–Crippen LogP) is 1.50.